The highest BCUT2D eigenvalue weighted by Gasteiger charge is 2.15. The average molecular weight is 363 g/mol. The van der Waals surface area contributed by atoms with Crippen molar-refractivity contribution in [2.45, 2.75) is 26.4 Å². The zero-order chi connectivity index (χ0) is 15.3. The molecule has 1 amide bonds. The van der Waals surface area contributed by atoms with E-state index in [2.05, 4.69) is 21.2 Å². The number of alkyl carbamates (subject to hydrolysis) is 1. The summed E-state index contributed by atoms with van der Waals surface area (Å²) in [6, 6.07) is 3.23. The largest absolute Gasteiger partial charge is 0.506 e. The highest BCUT2D eigenvalue weighted by molar-refractivity contribution is 9.10. The van der Waals surface area contributed by atoms with Gasteiger partial charge in [0.15, 0.2) is 0 Å². The van der Waals surface area contributed by atoms with E-state index in [9.17, 15) is 9.90 Å². The van der Waals surface area contributed by atoms with Crippen LogP contribution in [0.2, 0.25) is 5.02 Å². The first kappa shape index (κ1) is 16.9. The second-order valence-corrected chi connectivity index (χ2v) is 6.40. The lowest BCUT2D eigenvalue weighted by Crippen LogP contribution is -2.32. The molecule has 1 aromatic rings. The van der Waals surface area contributed by atoms with Crippen LogP contribution in [-0.2, 0) is 4.74 Å². The van der Waals surface area contributed by atoms with Gasteiger partial charge in [0.25, 0.3) is 0 Å². The van der Waals surface area contributed by atoms with Crippen LogP contribution in [0.15, 0.2) is 22.7 Å². The number of phenols is 1. The zero-order valence-electron chi connectivity index (χ0n) is 11.5. The van der Waals surface area contributed by atoms with Crippen LogP contribution >= 0.6 is 27.5 Å². The molecular weight excluding hydrogens is 346 g/mol. The molecule has 110 valence electrons. The van der Waals surface area contributed by atoms with E-state index in [0.29, 0.717) is 21.6 Å². The normalized spacial score (nSPS) is 11.7. The minimum absolute atomic E-state index is 0.0999. The Morgan fingerprint density at radius 3 is 2.75 bits per heavy atom. The summed E-state index contributed by atoms with van der Waals surface area (Å²) >= 11 is 9.10. The summed E-state index contributed by atoms with van der Waals surface area (Å²) in [5, 5.41) is 12.9. The van der Waals surface area contributed by atoms with Crippen LogP contribution in [0.5, 0.6) is 5.75 Å². The SMILES string of the molecule is CC(C)(C)OC(=O)NCC=Cc1cc(Cl)cc(Br)c1O. The van der Waals surface area contributed by atoms with Gasteiger partial charge in [-0.1, -0.05) is 23.8 Å². The van der Waals surface area contributed by atoms with E-state index in [0.717, 1.165) is 0 Å². The molecule has 4 nitrogen and oxygen atoms in total. The molecule has 0 aliphatic carbocycles. The monoisotopic (exact) mass is 361 g/mol. The fourth-order valence-corrected chi connectivity index (χ4v) is 2.19. The summed E-state index contributed by atoms with van der Waals surface area (Å²) in [4.78, 5) is 11.4. The number of amides is 1. The van der Waals surface area contributed by atoms with E-state index in [1.807, 2.05) is 0 Å². The molecule has 0 saturated carbocycles. The van der Waals surface area contributed by atoms with Gasteiger partial charge in [-0.15, -0.1) is 0 Å². The van der Waals surface area contributed by atoms with Gasteiger partial charge < -0.3 is 15.2 Å². The van der Waals surface area contributed by atoms with E-state index in [1.54, 1.807) is 45.1 Å². The third-order valence-electron chi connectivity index (χ3n) is 2.12. The topological polar surface area (TPSA) is 58.6 Å². The molecule has 1 rings (SSSR count). The van der Waals surface area contributed by atoms with Crippen LogP contribution in [0.3, 0.4) is 0 Å². The first-order chi connectivity index (χ1) is 9.19. The molecule has 0 atom stereocenters. The minimum atomic E-state index is -0.524. The smallest absolute Gasteiger partial charge is 0.407 e. The molecule has 0 unspecified atom stereocenters. The Morgan fingerprint density at radius 1 is 1.50 bits per heavy atom. The van der Waals surface area contributed by atoms with Gasteiger partial charge in [-0.2, -0.15) is 0 Å². The summed E-state index contributed by atoms with van der Waals surface area (Å²) < 4.78 is 5.61. The van der Waals surface area contributed by atoms with Crippen LogP contribution in [0.25, 0.3) is 6.08 Å². The second kappa shape index (κ2) is 6.99. The number of aromatic hydroxyl groups is 1. The maximum atomic E-state index is 11.4. The Kier molecular flexibility index (Phi) is 5.89. The maximum Gasteiger partial charge on any atom is 0.407 e. The molecule has 1 aromatic carbocycles. The Balaban J connectivity index is 2.56. The van der Waals surface area contributed by atoms with Crippen LogP contribution < -0.4 is 5.32 Å². The van der Waals surface area contributed by atoms with Gasteiger partial charge in [0.1, 0.15) is 11.4 Å². The molecule has 0 aliphatic rings. The van der Waals surface area contributed by atoms with E-state index in [4.69, 9.17) is 16.3 Å². The van der Waals surface area contributed by atoms with Gasteiger partial charge >= 0.3 is 6.09 Å². The molecule has 2 N–H and O–H groups in total. The van der Waals surface area contributed by atoms with Crippen LogP contribution in [0, 0.1) is 0 Å². The summed E-state index contributed by atoms with van der Waals surface area (Å²) in [7, 11) is 0. The third-order valence-corrected chi connectivity index (χ3v) is 2.94. The van der Waals surface area contributed by atoms with Crippen LogP contribution in [-0.4, -0.2) is 23.3 Å². The van der Waals surface area contributed by atoms with Crippen molar-refractivity contribution in [1.29, 1.82) is 0 Å². The van der Waals surface area contributed by atoms with Gasteiger partial charge in [0.2, 0.25) is 0 Å². The van der Waals surface area contributed by atoms with Crippen molar-refractivity contribution in [3.63, 3.8) is 0 Å². The summed E-state index contributed by atoms with van der Waals surface area (Å²) in [6.07, 6.45) is 2.88. The standard InChI is InChI=1S/C14H17BrClNO3/c1-14(2,3)20-13(19)17-6-4-5-9-7-10(16)8-11(15)12(9)18/h4-5,7-8,18H,6H2,1-3H3,(H,17,19). The van der Waals surface area contributed by atoms with Crippen LogP contribution in [0.4, 0.5) is 4.79 Å². The third kappa shape index (κ3) is 5.84. The van der Waals surface area contributed by atoms with E-state index >= 15 is 0 Å². The van der Waals surface area contributed by atoms with Gasteiger partial charge in [-0.05, 0) is 48.8 Å². The van der Waals surface area contributed by atoms with Crippen molar-refractivity contribution in [2.75, 3.05) is 6.54 Å². The maximum absolute atomic E-state index is 11.4. The summed E-state index contributed by atoms with van der Waals surface area (Å²) in [5.74, 6) is 0.0999. The predicted molar refractivity (Wildman–Crippen MR) is 84.1 cm³/mol. The summed E-state index contributed by atoms with van der Waals surface area (Å²) in [5.41, 5.74) is 0.0412. The van der Waals surface area contributed by atoms with E-state index < -0.39 is 11.7 Å². The van der Waals surface area contributed by atoms with Crippen LogP contribution in [0.1, 0.15) is 26.3 Å². The van der Waals surface area contributed by atoms with Gasteiger partial charge in [0, 0.05) is 17.1 Å². The number of benzene rings is 1. The fraction of sp³-hybridized carbons (Fsp3) is 0.357. The number of rotatable bonds is 3. The van der Waals surface area contributed by atoms with Crippen molar-refractivity contribution in [1.82, 2.24) is 5.32 Å². The number of nitrogens with one attached hydrogen (secondary N) is 1. The lowest BCUT2D eigenvalue weighted by Gasteiger charge is -2.19. The van der Waals surface area contributed by atoms with Crippen molar-refractivity contribution < 1.29 is 14.6 Å². The van der Waals surface area contributed by atoms with Crippen molar-refractivity contribution in [3.8, 4) is 5.75 Å². The quantitative estimate of drug-likeness (QED) is 0.840. The number of carbonyl (C=O) groups is 1. The zero-order valence-corrected chi connectivity index (χ0v) is 13.9. The molecule has 0 heterocycles. The highest BCUT2D eigenvalue weighted by Crippen LogP contribution is 2.32. The first-order valence-corrected chi connectivity index (χ1v) is 7.17. The number of halogens is 2. The average Bonchev–Trinajstić information content (AvgIpc) is 2.28. The molecule has 0 aromatic heterocycles. The Labute approximate surface area is 131 Å². The summed E-state index contributed by atoms with van der Waals surface area (Å²) in [6.45, 7) is 5.68. The number of ether oxygens (including phenoxy) is 1. The van der Waals surface area contributed by atoms with E-state index in [1.165, 1.54) is 0 Å². The first-order valence-electron chi connectivity index (χ1n) is 6.00. The van der Waals surface area contributed by atoms with E-state index in [-0.39, 0.29) is 5.75 Å². The molecule has 20 heavy (non-hydrogen) atoms. The molecule has 0 fully saturated rings. The molecule has 0 bridgehead atoms. The van der Waals surface area contributed by atoms with Gasteiger partial charge in [0.05, 0.1) is 4.47 Å². The van der Waals surface area contributed by atoms with Crippen molar-refractivity contribution in [2.24, 2.45) is 0 Å². The molecule has 0 saturated heterocycles. The molecular formula is C14H17BrClNO3. The lowest BCUT2D eigenvalue weighted by atomic mass is 10.2. The van der Waals surface area contributed by atoms with Crippen molar-refractivity contribution in [3.05, 3.63) is 33.3 Å². The lowest BCUT2D eigenvalue weighted by molar-refractivity contribution is 0.0534. The number of carbonyl (C=O) groups excluding carboxylic acids is 1. The Hall–Kier alpha value is -1.20. The Bertz CT molecular complexity index is 524. The molecule has 0 aliphatic heterocycles. The van der Waals surface area contributed by atoms with Gasteiger partial charge in [-0.25, -0.2) is 4.79 Å². The number of phenolic OH excluding ortho intramolecular Hbond substituents is 1. The molecule has 6 heteroatoms. The second-order valence-electron chi connectivity index (χ2n) is 5.11. The number of hydrogen-bond donors (Lipinski definition) is 2. The number of hydrogen-bond acceptors (Lipinski definition) is 3. The highest BCUT2D eigenvalue weighted by atomic mass is 79.9. The minimum Gasteiger partial charge on any atom is -0.506 e. The van der Waals surface area contributed by atoms with Crippen molar-refractivity contribution >= 4 is 39.7 Å². The van der Waals surface area contributed by atoms with Gasteiger partial charge in [-0.3, -0.25) is 0 Å². The Morgan fingerprint density at radius 2 is 2.15 bits per heavy atom. The predicted octanol–water partition coefficient (Wildman–Crippen LogP) is 4.35. The molecule has 0 spiro atoms. The molecule has 0 radical (unpaired) electrons. The fourth-order valence-electron chi connectivity index (χ4n) is 1.36.